The van der Waals surface area contributed by atoms with Crippen LogP contribution in [0.1, 0.15) is 11.4 Å². The number of hydrogen-bond donors (Lipinski definition) is 0. The van der Waals surface area contributed by atoms with Gasteiger partial charge in [-0.2, -0.15) is 4.98 Å². The number of nitrogens with zero attached hydrogens (tertiary/aromatic N) is 2. The first-order chi connectivity index (χ1) is 9.72. The normalized spacial score (nSPS) is 10.9. The maximum Gasteiger partial charge on any atom is 0.269 e. The number of thiophene rings is 1. The lowest BCUT2D eigenvalue weighted by molar-refractivity contribution is 0.423. The van der Waals surface area contributed by atoms with Crippen LogP contribution in [0.4, 0.5) is 0 Å². The van der Waals surface area contributed by atoms with E-state index in [1.165, 1.54) is 16.9 Å². The molecule has 0 unspecified atom stereocenters. The van der Waals surface area contributed by atoms with Gasteiger partial charge in [-0.05, 0) is 35.6 Å². The molecule has 0 aliphatic rings. The molecule has 0 aliphatic heterocycles. The van der Waals surface area contributed by atoms with Crippen LogP contribution in [0.25, 0.3) is 10.8 Å². The van der Waals surface area contributed by atoms with Crippen LogP contribution in [0, 0.1) is 0 Å². The Balaban J connectivity index is 1.69. The fraction of sp³-hybridized carbons (Fsp3) is 0.143. The molecular weight excluding hydrogens is 315 g/mol. The van der Waals surface area contributed by atoms with Gasteiger partial charge in [0.15, 0.2) is 5.82 Å². The summed E-state index contributed by atoms with van der Waals surface area (Å²) < 4.78 is 5.24. The third kappa shape index (κ3) is 3.03. The van der Waals surface area contributed by atoms with E-state index in [1.807, 2.05) is 35.7 Å². The monoisotopic (exact) mass is 324 g/mol. The lowest BCUT2D eigenvalue weighted by Gasteiger charge is -1.98. The van der Waals surface area contributed by atoms with E-state index in [2.05, 4.69) is 10.1 Å². The van der Waals surface area contributed by atoms with E-state index in [0.717, 1.165) is 16.3 Å². The summed E-state index contributed by atoms with van der Waals surface area (Å²) in [4.78, 5) is 5.18. The predicted molar refractivity (Wildman–Crippen MR) is 81.5 cm³/mol. The molecule has 0 amide bonds. The van der Waals surface area contributed by atoms with Crippen molar-refractivity contribution in [1.82, 2.24) is 10.1 Å². The highest BCUT2D eigenvalue weighted by atomic mass is 35.5. The number of benzene rings is 1. The van der Waals surface area contributed by atoms with Gasteiger partial charge in [0, 0.05) is 11.4 Å². The summed E-state index contributed by atoms with van der Waals surface area (Å²) in [6.45, 7) is 0. The zero-order chi connectivity index (χ0) is 13.9. The van der Waals surface area contributed by atoms with Crippen LogP contribution in [0.2, 0.25) is 10.0 Å². The van der Waals surface area contributed by atoms with Gasteiger partial charge in [0.25, 0.3) is 5.89 Å². The molecule has 0 spiro atoms. The molecule has 2 heterocycles. The molecule has 0 bridgehead atoms. The SMILES string of the molecule is Clc1ccc(CCc2noc(-c3sccc3Cl)n2)cc1. The Bertz CT molecular complexity index is 706. The first-order valence-corrected chi connectivity index (χ1v) is 7.66. The number of hydrogen-bond acceptors (Lipinski definition) is 4. The summed E-state index contributed by atoms with van der Waals surface area (Å²) in [6.07, 6.45) is 1.56. The number of aryl methyl sites for hydroxylation is 2. The largest absolute Gasteiger partial charge is 0.333 e. The van der Waals surface area contributed by atoms with Crippen LogP contribution in [0.3, 0.4) is 0 Å². The van der Waals surface area contributed by atoms with Gasteiger partial charge in [-0.3, -0.25) is 0 Å². The Morgan fingerprint density at radius 3 is 2.55 bits per heavy atom. The van der Waals surface area contributed by atoms with E-state index >= 15 is 0 Å². The summed E-state index contributed by atoms with van der Waals surface area (Å²) in [7, 11) is 0. The first kappa shape index (κ1) is 13.6. The summed E-state index contributed by atoms with van der Waals surface area (Å²) in [5.41, 5.74) is 1.19. The van der Waals surface area contributed by atoms with Crippen molar-refractivity contribution in [2.75, 3.05) is 0 Å². The fourth-order valence-electron chi connectivity index (χ4n) is 1.80. The molecule has 0 aliphatic carbocycles. The van der Waals surface area contributed by atoms with Crippen LogP contribution < -0.4 is 0 Å². The maximum atomic E-state index is 6.04. The minimum atomic E-state index is 0.483. The van der Waals surface area contributed by atoms with E-state index in [9.17, 15) is 0 Å². The van der Waals surface area contributed by atoms with E-state index in [1.54, 1.807) is 0 Å². The molecule has 0 saturated heterocycles. The molecule has 20 heavy (non-hydrogen) atoms. The van der Waals surface area contributed by atoms with Crippen LogP contribution in [0.15, 0.2) is 40.2 Å². The average molecular weight is 325 g/mol. The highest BCUT2D eigenvalue weighted by molar-refractivity contribution is 7.14. The van der Waals surface area contributed by atoms with Crippen molar-refractivity contribution in [3.05, 3.63) is 57.1 Å². The van der Waals surface area contributed by atoms with Crippen LogP contribution in [-0.2, 0) is 12.8 Å². The quantitative estimate of drug-likeness (QED) is 0.685. The first-order valence-electron chi connectivity index (χ1n) is 6.03. The van der Waals surface area contributed by atoms with Crippen LogP contribution >= 0.6 is 34.5 Å². The molecule has 0 radical (unpaired) electrons. The van der Waals surface area contributed by atoms with E-state index < -0.39 is 0 Å². The molecule has 0 atom stereocenters. The molecular formula is C14H10Cl2N2OS. The molecule has 6 heteroatoms. The minimum absolute atomic E-state index is 0.483. The Kier molecular flexibility index (Phi) is 4.05. The van der Waals surface area contributed by atoms with Crippen molar-refractivity contribution in [3.8, 4) is 10.8 Å². The van der Waals surface area contributed by atoms with Gasteiger partial charge in [0.05, 0.1) is 5.02 Å². The molecule has 0 saturated carbocycles. The average Bonchev–Trinajstić information content (AvgIpc) is 3.06. The standard InChI is InChI=1S/C14H10Cl2N2OS/c15-10-4-1-9(2-5-10)3-6-12-17-14(19-18-12)13-11(16)7-8-20-13/h1-2,4-5,7-8H,3,6H2. The third-order valence-corrected chi connectivity index (χ3v) is 4.41. The maximum absolute atomic E-state index is 6.04. The Morgan fingerprint density at radius 2 is 1.85 bits per heavy atom. The zero-order valence-corrected chi connectivity index (χ0v) is 12.7. The Labute approximate surface area is 130 Å². The molecule has 0 N–H and O–H groups in total. The highest BCUT2D eigenvalue weighted by Crippen LogP contribution is 2.31. The Hall–Kier alpha value is -1.36. The van der Waals surface area contributed by atoms with Crippen molar-refractivity contribution in [2.24, 2.45) is 0 Å². The van der Waals surface area contributed by atoms with Gasteiger partial charge >= 0.3 is 0 Å². The van der Waals surface area contributed by atoms with Gasteiger partial charge in [0.1, 0.15) is 4.88 Å². The van der Waals surface area contributed by atoms with Gasteiger partial charge < -0.3 is 4.52 Å². The predicted octanol–water partition coefficient (Wildman–Crippen LogP) is 4.89. The number of aromatic nitrogens is 2. The van der Waals surface area contributed by atoms with E-state index in [4.69, 9.17) is 27.7 Å². The highest BCUT2D eigenvalue weighted by Gasteiger charge is 2.13. The summed E-state index contributed by atoms with van der Waals surface area (Å²) >= 11 is 13.4. The second-order valence-electron chi connectivity index (χ2n) is 4.24. The van der Waals surface area contributed by atoms with Crippen molar-refractivity contribution < 1.29 is 4.52 Å². The van der Waals surface area contributed by atoms with Gasteiger partial charge in [0.2, 0.25) is 0 Å². The minimum Gasteiger partial charge on any atom is -0.333 e. The van der Waals surface area contributed by atoms with Gasteiger partial charge in [-0.25, -0.2) is 0 Å². The van der Waals surface area contributed by atoms with Gasteiger partial charge in [-0.1, -0.05) is 40.5 Å². The number of halogens is 2. The fourth-order valence-corrected chi connectivity index (χ4v) is 2.98. The third-order valence-electron chi connectivity index (χ3n) is 2.83. The Morgan fingerprint density at radius 1 is 1.05 bits per heavy atom. The molecule has 2 aromatic heterocycles. The number of rotatable bonds is 4. The van der Waals surface area contributed by atoms with E-state index in [0.29, 0.717) is 23.2 Å². The summed E-state index contributed by atoms with van der Waals surface area (Å²) in [5, 5.41) is 7.26. The van der Waals surface area contributed by atoms with Crippen molar-refractivity contribution in [1.29, 1.82) is 0 Å². The lowest BCUT2D eigenvalue weighted by Crippen LogP contribution is -1.93. The van der Waals surface area contributed by atoms with Gasteiger partial charge in [-0.15, -0.1) is 11.3 Å². The van der Waals surface area contributed by atoms with Crippen LogP contribution in [0.5, 0.6) is 0 Å². The van der Waals surface area contributed by atoms with Crippen LogP contribution in [-0.4, -0.2) is 10.1 Å². The summed E-state index contributed by atoms with van der Waals surface area (Å²) in [6, 6.07) is 9.58. The molecule has 3 nitrogen and oxygen atoms in total. The molecule has 3 rings (SSSR count). The second kappa shape index (κ2) is 5.95. The molecule has 1 aromatic carbocycles. The van der Waals surface area contributed by atoms with E-state index in [-0.39, 0.29) is 0 Å². The van der Waals surface area contributed by atoms with Crippen molar-refractivity contribution in [2.45, 2.75) is 12.8 Å². The van der Waals surface area contributed by atoms with Crippen molar-refractivity contribution in [3.63, 3.8) is 0 Å². The topological polar surface area (TPSA) is 38.9 Å². The van der Waals surface area contributed by atoms with Crippen molar-refractivity contribution >= 4 is 34.5 Å². The smallest absolute Gasteiger partial charge is 0.269 e. The lowest BCUT2D eigenvalue weighted by atomic mass is 10.1. The summed E-state index contributed by atoms with van der Waals surface area (Å²) in [5.74, 6) is 1.16. The zero-order valence-electron chi connectivity index (χ0n) is 10.3. The second-order valence-corrected chi connectivity index (χ2v) is 6.00. The molecule has 0 fully saturated rings. The molecule has 3 aromatic rings. The molecule has 102 valence electrons.